The van der Waals surface area contributed by atoms with Gasteiger partial charge in [-0.15, -0.1) is 0 Å². The fourth-order valence-electron chi connectivity index (χ4n) is 2.43. The molecular weight excluding hydrogens is 332 g/mol. The van der Waals surface area contributed by atoms with Crippen LogP contribution in [0.25, 0.3) is 0 Å². The zero-order chi connectivity index (χ0) is 18.9. The molecule has 26 heavy (non-hydrogen) atoms. The van der Waals surface area contributed by atoms with Crippen LogP contribution >= 0.6 is 0 Å². The van der Waals surface area contributed by atoms with Gasteiger partial charge >= 0.3 is 6.03 Å². The molecule has 0 heterocycles. The molecule has 0 aliphatic heterocycles. The molecule has 0 saturated carbocycles. The van der Waals surface area contributed by atoms with E-state index in [4.69, 9.17) is 14.6 Å². The second-order valence-electron chi connectivity index (χ2n) is 6.15. The first kappa shape index (κ1) is 19.6. The van der Waals surface area contributed by atoms with E-state index >= 15 is 0 Å². The Kier molecular flexibility index (Phi) is 7.29. The van der Waals surface area contributed by atoms with Crippen molar-refractivity contribution in [2.24, 2.45) is 0 Å². The van der Waals surface area contributed by atoms with E-state index in [2.05, 4.69) is 24.5 Å². The molecule has 0 aromatic heterocycles. The molecule has 0 atom stereocenters. The van der Waals surface area contributed by atoms with Crippen molar-refractivity contribution in [1.82, 2.24) is 5.32 Å². The second-order valence-corrected chi connectivity index (χ2v) is 6.15. The molecule has 6 nitrogen and oxygen atoms in total. The van der Waals surface area contributed by atoms with Gasteiger partial charge in [-0.05, 0) is 41.3 Å². The average Bonchev–Trinajstić information content (AvgIpc) is 2.65. The van der Waals surface area contributed by atoms with Crippen LogP contribution in [0.3, 0.4) is 0 Å². The highest BCUT2D eigenvalue weighted by Crippen LogP contribution is 2.28. The van der Waals surface area contributed by atoms with Crippen LogP contribution in [0.5, 0.6) is 11.5 Å². The van der Waals surface area contributed by atoms with Gasteiger partial charge in [0.2, 0.25) is 0 Å². The van der Waals surface area contributed by atoms with Crippen molar-refractivity contribution in [3.63, 3.8) is 0 Å². The van der Waals surface area contributed by atoms with Crippen molar-refractivity contribution in [3.05, 3.63) is 53.6 Å². The highest BCUT2D eigenvalue weighted by atomic mass is 16.5. The fraction of sp³-hybridized carbons (Fsp3) is 0.350. The number of anilines is 1. The van der Waals surface area contributed by atoms with Gasteiger partial charge in [-0.2, -0.15) is 0 Å². The molecule has 0 fully saturated rings. The highest BCUT2D eigenvalue weighted by Gasteiger charge is 2.08. The third-order valence-corrected chi connectivity index (χ3v) is 3.84. The SMILES string of the molecule is COc1cc(CNC(=O)Nc2cccc(C(C)C)c2)ccc1OCCO. The Morgan fingerprint density at radius 3 is 2.65 bits per heavy atom. The molecule has 140 valence electrons. The van der Waals surface area contributed by atoms with E-state index in [1.807, 2.05) is 30.3 Å². The molecule has 0 saturated heterocycles. The van der Waals surface area contributed by atoms with E-state index in [9.17, 15) is 4.79 Å². The first-order valence-electron chi connectivity index (χ1n) is 8.59. The number of ether oxygens (including phenoxy) is 2. The van der Waals surface area contributed by atoms with Crippen molar-refractivity contribution < 1.29 is 19.4 Å². The Balaban J connectivity index is 1.93. The number of aliphatic hydroxyl groups is 1. The third-order valence-electron chi connectivity index (χ3n) is 3.84. The van der Waals surface area contributed by atoms with E-state index in [-0.39, 0.29) is 19.2 Å². The minimum absolute atomic E-state index is 0.0648. The number of rotatable bonds is 8. The molecule has 0 spiro atoms. The standard InChI is InChI=1S/C20H26N2O4/c1-14(2)16-5-4-6-17(12-16)22-20(24)21-13-15-7-8-18(26-10-9-23)19(11-15)25-3/h4-8,11-12,14,23H,9-10,13H2,1-3H3,(H2,21,22,24). The van der Waals surface area contributed by atoms with Gasteiger partial charge in [-0.25, -0.2) is 4.79 Å². The summed E-state index contributed by atoms with van der Waals surface area (Å²) in [6.45, 7) is 4.71. The average molecular weight is 358 g/mol. The second kappa shape index (κ2) is 9.68. The number of amides is 2. The zero-order valence-electron chi connectivity index (χ0n) is 15.4. The number of methoxy groups -OCH3 is 1. The van der Waals surface area contributed by atoms with Gasteiger partial charge < -0.3 is 25.2 Å². The molecule has 0 aliphatic rings. The van der Waals surface area contributed by atoms with Crippen molar-refractivity contribution >= 4 is 11.7 Å². The Morgan fingerprint density at radius 1 is 1.15 bits per heavy atom. The summed E-state index contributed by atoms with van der Waals surface area (Å²) in [5.74, 6) is 1.52. The maximum absolute atomic E-state index is 12.1. The minimum Gasteiger partial charge on any atom is -0.493 e. The summed E-state index contributed by atoms with van der Waals surface area (Å²) in [6, 6.07) is 12.9. The first-order valence-corrected chi connectivity index (χ1v) is 8.59. The molecule has 0 unspecified atom stereocenters. The summed E-state index contributed by atoms with van der Waals surface area (Å²) in [4.78, 5) is 12.1. The largest absolute Gasteiger partial charge is 0.493 e. The van der Waals surface area contributed by atoms with Crippen molar-refractivity contribution in [2.45, 2.75) is 26.3 Å². The predicted molar refractivity (Wildman–Crippen MR) is 102 cm³/mol. The molecule has 2 amide bonds. The molecule has 2 aromatic rings. The van der Waals surface area contributed by atoms with Crippen molar-refractivity contribution in [3.8, 4) is 11.5 Å². The lowest BCUT2D eigenvalue weighted by atomic mass is 10.0. The van der Waals surface area contributed by atoms with Crippen LogP contribution in [0.4, 0.5) is 10.5 Å². The van der Waals surface area contributed by atoms with E-state index in [0.717, 1.165) is 11.3 Å². The number of urea groups is 1. The van der Waals surface area contributed by atoms with Crippen LogP contribution in [0.1, 0.15) is 30.9 Å². The Bertz CT molecular complexity index is 732. The van der Waals surface area contributed by atoms with Gasteiger partial charge in [-0.3, -0.25) is 0 Å². The molecular formula is C20H26N2O4. The van der Waals surface area contributed by atoms with Crippen LogP contribution in [-0.2, 0) is 6.54 Å². The minimum atomic E-state index is -0.273. The predicted octanol–water partition coefficient (Wildman–Crippen LogP) is 3.51. The van der Waals surface area contributed by atoms with Gasteiger partial charge in [-0.1, -0.05) is 32.0 Å². The number of carbonyl (C=O) groups is 1. The van der Waals surface area contributed by atoms with Crippen LogP contribution in [0.2, 0.25) is 0 Å². The highest BCUT2D eigenvalue weighted by molar-refractivity contribution is 5.89. The van der Waals surface area contributed by atoms with Gasteiger partial charge in [0.05, 0.1) is 13.7 Å². The molecule has 3 N–H and O–H groups in total. The Hall–Kier alpha value is -2.73. The van der Waals surface area contributed by atoms with Gasteiger partial charge in [0.25, 0.3) is 0 Å². The normalized spacial score (nSPS) is 10.5. The maximum Gasteiger partial charge on any atom is 0.319 e. The third kappa shape index (κ3) is 5.67. The zero-order valence-corrected chi connectivity index (χ0v) is 15.4. The summed E-state index contributed by atoms with van der Waals surface area (Å²) in [7, 11) is 1.55. The molecule has 0 bridgehead atoms. The van der Waals surface area contributed by atoms with Gasteiger partial charge in [0.1, 0.15) is 6.61 Å². The molecule has 6 heteroatoms. The number of aliphatic hydroxyl groups excluding tert-OH is 1. The van der Waals surface area contributed by atoms with Crippen LogP contribution in [-0.4, -0.2) is 31.5 Å². The summed E-state index contributed by atoms with van der Waals surface area (Å²) >= 11 is 0. The quantitative estimate of drug-likeness (QED) is 0.675. The summed E-state index contributed by atoms with van der Waals surface area (Å²) in [5.41, 5.74) is 2.81. The number of benzene rings is 2. The monoisotopic (exact) mass is 358 g/mol. The van der Waals surface area contributed by atoms with E-state index in [1.54, 1.807) is 19.2 Å². The smallest absolute Gasteiger partial charge is 0.319 e. The Labute approximate surface area is 154 Å². The molecule has 2 aromatic carbocycles. The lowest BCUT2D eigenvalue weighted by molar-refractivity contribution is 0.196. The lowest BCUT2D eigenvalue weighted by Gasteiger charge is -2.13. The van der Waals surface area contributed by atoms with E-state index in [0.29, 0.717) is 24.0 Å². The Morgan fingerprint density at radius 2 is 1.96 bits per heavy atom. The first-order chi connectivity index (χ1) is 12.5. The number of hydrogen-bond acceptors (Lipinski definition) is 4. The maximum atomic E-state index is 12.1. The van der Waals surface area contributed by atoms with E-state index in [1.165, 1.54) is 5.56 Å². The number of carbonyl (C=O) groups excluding carboxylic acids is 1. The molecule has 0 aliphatic carbocycles. The number of nitrogens with one attached hydrogen (secondary N) is 2. The van der Waals surface area contributed by atoms with Gasteiger partial charge in [0.15, 0.2) is 11.5 Å². The van der Waals surface area contributed by atoms with Crippen molar-refractivity contribution in [2.75, 3.05) is 25.6 Å². The number of hydrogen-bond donors (Lipinski definition) is 3. The van der Waals surface area contributed by atoms with Crippen LogP contribution < -0.4 is 20.1 Å². The van der Waals surface area contributed by atoms with E-state index < -0.39 is 0 Å². The molecule has 0 radical (unpaired) electrons. The lowest BCUT2D eigenvalue weighted by Crippen LogP contribution is -2.28. The van der Waals surface area contributed by atoms with Crippen LogP contribution in [0, 0.1) is 0 Å². The topological polar surface area (TPSA) is 79.8 Å². The summed E-state index contributed by atoms with van der Waals surface area (Å²) < 4.78 is 10.7. The van der Waals surface area contributed by atoms with Crippen LogP contribution in [0.15, 0.2) is 42.5 Å². The van der Waals surface area contributed by atoms with Gasteiger partial charge in [0, 0.05) is 12.2 Å². The van der Waals surface area contributed by atoms with Crippen molar-refractivity contribution in [1.29, 1.82) is 0 Å². The summed E-state index contributed by atoms with van der Waals surface area (Å²) in [6.07, 6.45) is 0. The summed E-state index contributed by atoms with van der Waals surface area (Å²) in [5, 5.41) is 14.5. The molecule has 2 rings (SSSR count). The fourth-order valence-corrected chi connectivity index (χ4v) is 2.43.